The molecule has 1 aliphatic carbocycles. The van der Waals surface area contributed by atoms with Gasteiger partial charge in [0.15, 0.2) is 0 Å². The van der Waals surface area contributed by atoms with E-state index in [2.05, 4.69) is 15.4 Å². The lowest BCUT2D eigenvalue weighted by molar-refractivity contribution is 0.152. The van der Waals surface area contributed by atoms with E-state index in [9.17, 15) is 4.79 Å². The van der Waals surface area contributed by atoms with E-state index in [1.807, 2.05) is 22.9 Å². The minimum absolute atomic E-state index is 0.150. The molecule has 7 heteroatoms. The lowest BCUT2D eigenvalue weighted by Gasteiger charge is -2.26. The van der Waals surface area contributed by atoms with Crippen LogP contribution in [0.15, 0.2) is 36.8 Å². The van der Waals surface area contributed by atoms with Gasteiger partial charge in [-0.15, -0.1) is 0 Å². The van der Waals surface area contributed by atoms with Gasteiger partial charge in [0.2, 0.25) is 0 Å². The molecular weight excluding hydrogens is 330 g/mol. The second kappa shape index (κ2) is 9.33. The minimum atomic E-state index is -0.150. The van der Waals surface area contributed by atoms with Crippen molar-refractivity contribution in [1.29, 1.82) is 0 Å². The standard InChI is InChI=1S/C19H27N5O2/c1-26-13-12-23(15-16-6-5-10-20-14-16)19(25)22-18-9-11-21-24(18)17-7-3-2-4-8-17/h5-6,9-11,14,17H,2-4,7-8,12-13,15H2,1H3,(H,22,25). The van der Waals surface area contributed by atoms with Crippen molar-refractivity contribution in [2.75, 3.05) is 25.6 Å². The van der Waals surface area contributed by atoms with E-state index in [0.29, 0.717) is 25.7 Å². The lowest BCUT2D eigenvalue weighted by atomic mass is 9.96. The summed E-state index contributed by atoms with van der Waals surface area (Å²) in [4.78, 5) is 18.7. The monoisotopic (exact) mass is 357 g/mol. The van der Waals surface area contributed by atoms with Gasteiger partial charge in [-0.2, -0.15) is 5.10 Å². The molecule has 2 aromatic heterocycles. The van der Waals surface area contributed by atoms with Crippen LogP contribution in [0.2, 0.25) is 0 Å². The number of hydrogen-bond acceptors (Lipinski definition) is 4. The number of rotatable bonds is 7. The molecule has 2 heterocycles. The first-order valence-electron chi connectivity index (χ1n) is 9.25. The molecule has 3 rings (SSSR count). The third-order valence-corrected chi connectivity index (χ3v) is 4.77. The Morgan fingerprint density at radius 1 is 1.31 bits per heavy atom. The van der Waals surface area contributed by atoms with Crippen LogP contribution >= 0.6 is 0 Å². The Bertz CT molecular complexity index is 682. The van der Waals surface area contributed by atoms with Gasteiger partial charge in [-0.3, -0.25) is 10.3 Å². The topological polar surface area (TPSA) is 72.3 Å². The molecule has 26 heavy (non-hydrogen) atoms. The highest BCUT2D eigenvalue weighted by molar-refractivity contribution is 5.88. The number of nitrogens with zero attached hydrogens (tertiary/aromatic N) is 4. The van der Waals surface area contributed by atoms with Crippen molar-refractivity contribution in [3.05, 3.63) is 42.4 Å². The molecule has 0 aliphatic heterocycles. The average Bonchev–Trinajstić information content (AvgIpc) is 3.14. The number of carbonyl (C=O) groups is 1. The summed E-state index contributed by atoms with van der Waals surface area (Å²) in [5.74, 6) is 0.760. The molecule has 2 amide bonds. The molecule has 140 valence electrons. The van der Waals surface area contributed by atoms with E-state index in [1.54, 1.807) is 30.6 Å². The third kappa shape index (κ3) is 4.82. The summed E-state index contributed by atoms with van der Waals surface area (Å²) in [6, 6.07) is 5.93. The number of hydrogen-bond donors (Lipinski definition) is 1. The lowest BCUT2D eigenvalue weighted by Crippen LogP contribution is -2.37. The second-order valence-electron chi connectivity index (χ2n) is 6.66. The van der Waals surface area contributed by atoms with Crippen molar-refractivity contribution in [3.63, 3.8) is 0 Å². The molecule has 0 unspecified atom stereocenters. The first kappa shape index (κ1) is 18.4. The highest BCUT2D eigenvalue weighted by Gasteiger charge is 2.21. The quantitative estimate of drug-likeness (QED) is 0.824. The molecule has 1 saturated carbocycles. The number of aromatic nitrogens is 3. The molecule has 1 fully saturated rings. The van der Waals surface area contributed by atoms with E-state index in [0.717, 1.165) is 24.2 Å². The van der Waals surface area contributed by atoms with Crippen molar-refractivity contribution in [1.82, 2.24) is 19.7 Å². The third-order valence-electron chi connectivity index (χ3n) is 4.77. The smallest absolute Gasteiger partial charge is 0.323 e. The fourth-order valence-electron chi connectivity index (χ4n) is 3.38. The Labute approximate surface area is 154 Å². The first-order valence-corrected chi connectivity index (χ1v) is 9.25. The molecular formula is C19H27N5O2. The van der Waals surface area contributed by atoms with E-state index in [1.165, 1.54) is 19.3 Å². The molecule has 0 radical (unpaired) electrons. The molecule has 7 nitrogen and oxygen atoms in total. The number of methoxy groups -OCH3 is 1. The van der Waals surface area contributed by atoms with Gasteiger partial charge in [-0.25, -0.2) is 9.48 Å². The SMILES string of the molecule is COCCN(Cc1cccnc1)C(=O)Nc1ccnn1C1CCCCC1. The van der Waals surface area contributed by atoms with Crippen LogP contribution in [-0.2, 0) is 11.3 Å². The number of anilines is 1. The van der Waals surface area contributed by atoms with Crippen LogP contribution in [0, 0.1) is 0 Å². The van der Waals surface area contributed by atoms with Gasteiger partial charge < -0.3 is 9.64 Å². The Balaban J connectivity index is 1.68. The van der Waals surface area contributed by atoms with Crippen LogP contribution < -0.4 is 5.32 Å². The number of carbonyl (C=O) groups excluding carboxylic acids is 1. The summed E-state index contributed by atoms with van der Waals surface area (Å²) in [6.07, 6.45) is 11.2. The van der Waals surface area contributed by atoms with Crippen molar-refractivity contribution in [3.8, 4) is 0 Å². The van der Waals surface area contributed by atoms with Gasteiger partial charge in [0.25, 0.3) is 0 Å². The molecule has 1 aliphatic rings. The zero-order chi connectivity index (χ0) is 18.2. The summed E-state index contributed by atoms with van der Waals surface area (Å²) in [6.45, 7) is 1.48. The number of amides is 2. The molecule has 0 atom stereocenters. The fraction of sp³-hybridized carbons (Fsp3) is 0.526. The average molecular weight is 357 g/mol. The van der Waals surface area contributed by atoms with Gasteiger partial charge in [0, 0.05) is 38.7 Å². The predicted octanol–water partition coefficient (Wildman–Crippen LogP) is 3.46. The zero-order valence-corrected chi connectivity index (χ0v) is 15.3. The maximum atomic E-state index is 12.9. The Kier molecular flexibility index (Phi) is 6.60. The maximum Gasteiger partial charge on any atom is 0.323 e. The van der Waals surface area contributed by atoms with Crippen LogP contribution in [0.4, 0.5) is 10.6 Å². The largest absolute Gasteiger partial charge is 0.383 e. The summed E-state index contributed by atoms with van der Waals surface area (Å²) in [5.41, 5.74) is 0.986. The molecule has 0 saturated heterocycles. The summed E-state index contributed by atoms with van der Waals surface area (Å²) in [5, 5.41) is 7.48. The van der Waals surface area contributed by atoms with Gasteiger partial charge >= 0.3 is 6.03 Å². The van der Waals surface area contributed by atoms with Crippen LogP contribution in [-0.4, -0.2) is 46.0 Å². The highest BCUT2D eigenvalue weighted by atomic mass is 16.5. The van der Waals surface area contributed by atoms with E-state index >= 15 is 0 Å². The van der Waals surface area contributed by atoms with Crippen LogP contribution in [0.1, 0.15) is 43.7 Å². The van der Waals surface area contributed by atoms with E-state index in [4.69, 9.17) is 4.74 Å². The predicted molar refractivity (Wildman–Crippen MR) is 99.9 cm³/mol. The molecule has 0 aromatic carbocycles. The second-order valence-corrected chi connectivity index (χ2v) is 6.66. The number of ether oxygens (including phenoxy) is 1. The number of pyridine rings is 1. The number of nitrogens with one attached hydrogen (secondary N) is 1. The zero-order valence-electron chi connectivity index (χ0n) is 15.3. The summed E-state index contributed by atoms with van der Waals surface area (Å²) >= 11 is 0. The molecule has 2 aromatic rings. The van der Waals surface area contributed by atoms with Crippen molar-refractivity contribution < 1.29 is 9.53 Å². The molecule has 1 N–H and O–H groups in total. The fourth-order valence-corrected chi connectivity index (χ4v) is 3.38. The Hall–Kier alpha value is -2.41. The van der Waals surface area contributed by atoms with Crippen molar-refractivity contribution >= 4 is 11.8 Å². The molecule has 0 spiro atoms. The van der Waals surface area contributed by atoms with Crippen LogP contribution in [0.3, 0.4) is 0 Å². The van der Waals surface area contributed by atoms with Gasteiger partial charge in [0.1, 0.15) is 5.82 Å². The normalized spacial score (nSPS) is 15.0. The van der Waals surface area contributed by atoms with Gasteiger partial charge in [-0.05, 0) is 24.5 Å². The van der Waals surface area contributed by atoms with E-state index < -0.39 is 0 Å². The summed E-state index contributed by atoms with van der Waals surface area (Å²) < 4.78 is 7.13. The Morgan fingerprint density at radius 3 is 2.88 bits per heavy atom. The van der Waals surface area contributed by atoms with E-state index in [-0.39, 0.29) is 6.03 Å². The van der Waals surface area contributed by atoms with Crippen LogP contribution in [0.25, 0.3) is 0 Å². The van der Waals surface area contributed by atoms with Gasteiger partial charge in [0.05, 0.1) is 18.8 Å². The van der Waals surface area contributed by atoms with Crippen molar-refractivity contribution in [2.45, 2.75) is 44.7 Å². The van der Waals surface area contributed by atoms with Crippen molar-refractivity contribution in [2.24, 2.45) is 0 Å². The first-order chi connectivity index (χ1) is 12.8. The molecule has 0 bridgehead atoms. The van der Waals surface area contributed by atoms with Crippen LogP contribution in [0.5, 0.6) is 0 Å². The summed E-state index contributed by atoms with van der Waals surface area (Å²) in [7, 11) is 1.64. The minimum Gasteiger partial charge on any atom is -0.383 e. The number of urea groups is 1. The maximum absolute atomic E-state index is 12.9. The highest BCUT2D eigenvalue weighted by Crippen LogP contribution is 2.30. The van der Waals surface area contributed by atoms with Gasteiger partial charge in [-0.1, -0.05) is 25.3 Å². The Morgan fingerprint density at radius 2 is 2.15 bits per heavy atom.